The van der Waals surface area contributed by atoms with Crippen molar-refractivity contribution in [2.45, 2.75) is 31.7 Å². The number of hydrogen-bond acceptors (Lipinski definition) is 5. The second-order valence-electron chi connectivity index (χ2n) is 5.59. The van der Waals surface area contributed by atoms with E-state index in [-0.39, 0.29) is 0 Å². The molecule has 0 bridgehead atoms. The van der Waals surface area contributed by atoms with Gasteiger partial charge in [0.15, 0.2) is 0 Å². The summed E-state index contributed by atoms with van der Waals surface area (Å²) in [7, 11) is 0. The molecule has 1 atom stereocenters. The number of halogens is 3. The maximum Gasteiger partial charge on any atom is 0.433 e. The molecule has 0 fully saturated rings. The molecule has 0 N–H and O–H groups in total. The number of pyridine rings is 1. The first-order chi connectivity index (χ1) is 10.6. The van der Waals surface area contributed by atoms with Gasteiger partial charge in [-0.3, -0.25) is 4.98 Å². The van der Waals surface area contributed by atoms with E-state index in [1.165, 1.54) is 29.8 Å². The minimum absolute atomic E-state index is 0.328. The fourth-order valence-corrected chi connectivity index (χ4v) is 2.83. The van der Waals surface area contributed by atoms with Crippen LogP contribution in [0, 0.1) is 0 Å². The number of thiazole rings is 1. The highest BCUT2D eigenvalue weighted by Gasteiger charge is 2.32. The summed E-state index contributed by atoms with van der Waals surface area (Å²) in [5.74, 6) is 0. The molecule has 0 saturated carbocycles. The van der Waals surface area contributed by atoms with Gasteiger partial charge >= 0.3 is 6.18 Å². The molecule has 0 unspecified atom stereocenters. The average Bonchev–Trinajstić information content (AvgIpc) is 2.92. The minimum atomic E-state index is -4.50. The normalized spacial score (nSPS) is 14.4. The zero-order valence-corrected chi connectivity index (χ0v) is 14.2. The third-order valence-corrected chi connectivity index (χ3v) is 4.95. The molecule has 124 valence electrons. The second kappa shape index (κ2) is 6.58. The first-order valence-corrected chi connectivity index (χ1v) is 8.45. The Labute approximate surface area is 138 Å². The third kappa shape index (κ3) is 4.76. The summed E-state index contributed by atoms with van der Waals surface area (Å²) in [5, 5.41) is 0.417. The zero-order chi connectivity index (χ0) is 17.3. The lowest BCUT2D eigenvalue weighted by atomic mass is 10.2. The molecular formula is C14H14F3N3OS2. The molecule has 0 radical (unpaired) electrons. The van der Waals surface area contributed by atoms with Crippen LogP contribution in [0.2, 0.25) is 0 Å². The van der Waals surface area contributed by atoms with Gasteiger partial charge in [0.2, 0.25) is 0 Å². The summed E-state index contributed by atoms with van der Waals surface area (Å²) in [5.41, 5.74) is -0.636. The summed E-state index contributed by atoms with van der Waals surface area (Å²) in [6.45, 7) is 5.40. The van der Waals surface area contributed by atoms with Gasteiger partial charge in [-0.15, -0.1) is 11.3 Å². The van der Waals surface area contributed by atoms with Crippen LogP contribution in [0.25, 0.3) is 10.6 Å². The molecule has 0 amide bonds. The van der Waals surface area contributed by atoms with Crippen molar-refractivity contribution >= 4 is 28.9 Å². The summed E-state index contributed by atoms with van der Waals surface area (Å²) < 4.78 is 53.3. The van der Waals surface area contributed by atoms with Gasteiger partial charge in [-0.05, 0) is 32.9 Å². The van der Waals surface area contributed by atoms with Crippen LogP contribution >= 0.6 is 11.3 Å². The molecule has 0 saturated heterocycles. The predicted octanol–water partition coefficient (Wildman–Crippen LogP) is 4.11. The van der Waals surface area contributed by atoms with Gasteiger partial charge in [-0.25, -0.2) is 4.98 Å². The average molecular weight is 361 g/mol. The maximum absolute atomic E-state index is 12.7. The van der Waals surface area contributed by atoms with E-state index in [0.717, 1.165) is 12.3 Å². The summed E-state index contributed by atoms with van der Waals surface area (Å²) >= 11 is -0.231. The SMILES string of the molecule is CC(C)(C)[S@@+]([O-])N=Cc1cnc(-c2ccnc(C(F)(F)F)c2)s1. The van der Waals surface area contributed by atoms with Crippen LogP contribution in [0.4, 0.5) is 13.2 Å². The fourth-order valence-electron chi connectivity index (χ4n) is 1.46. The second-order valence-corrected chi connectivity index (χ2v) is 8.59. The van der Waals surface area contributed by atoms with E-state index in [4.69, 9.17) is 0 Å². The van der Waals surface area contributed by atoms with E-state index in [9.17, 15) is 17.7 Å². The van der Waals surface area contributed by atoms with Crippen molar-refractivity contribution in [3.63, 3.8) is 0 Å². The van der Waals surface area contributed by atoms with E-state index >= 15 is 0 Å². The van der Waals surface area contributed by atoms with E-state index < -0.39 is 28.0 Å². The van der Waals surface area contributed by atoms with Gasteiger partial charge in [-0.1, -0.05) is 4.40 Å². The van der Waals surface area contributed by atoms with Crippen molar-refractivity contribution in [1.29, 1.82) is 0 Å². The Morgan fingerprint density at radius 3 is 2.57 bits per heavy atom. The Morgan fingerprint density at radius 2 is 1.96 bits per heavy atom. The van der Waals surface area contributed by atoms with Gasteiger partial charge in [0.1, 0.15) is 26.8 Å². The molecule has 2 aromatic heterocycles. The first kappa shape index (κ1) is 17.9. The lowest BCUT2D eigenvalue weighted by Crippen LogP contribution is -2.25. The molecular weight excluding hydrogens is 347 g/mol. The number of rotatable bonds is 3. The molecule has 0 spiro atoms. The third-order valence-electron chi connectivity index (χ3n) is 2.62. The number of alkyl halides is 3. The summed E-state index contributed by atoms with van der Waals surface area (Å²) in [6.07, 6.45) is -0.491. The van der Waals surface area contributed by atoms with Crippen LogP contribution in [0.3, 0.4) is 0 Å². The van der Waals surface area contributed by atoms with Crippen LogP contribution in [0.15, 0.2) is 28.9 Å². The molecule has 2 aromatic rings. The van der Waals surface area contributed by atoms with Crippen LogP contribution < -0.4 is 0 Å². The highest BCUT2D eigenvalue weighted by atomic mass is 32.2. The summed E-state index contributed by atoms with van der Waals surface area (Å²) in [4.78, 5) is 8.01. The van der Waals surface area contributed by atoms with Crippen LogP contribution in [-0.4, -0.2) is 25.5 Å². The van der Waals surface area contributed by atoms with E-state index in [1.54, 1.807) is 20.8 Å². The minimum Gasteiger partial charge on any atom is -0.591 e. The first-order valence-electron chi connectivity index (χ1n) is 6.53. The number of nitrogens with zero attached hydrogens (tertiary/aromatic N) is 3. The predicted molar refractivity (Wildman–Crippen MR) is 85.8 cm³/mol. The molecule has 0 aliphatic carbocycles. The summed E-state index contributed by atoms with van der Waals surface area (Å²) in [6, 6.07) is 2.41. The largest absolute Gasteiger partial charge is 0.591 e. The Hall–Kier alpha value is -1.45. The standard InChI is InChI=1S/C14H14F3N3OS2/c1-13(2,3)23(21)20-8-10-7-19-12(22-10)9-4-5-18-11(6-9)14(15,16)17/h4-8H,1-3H3/t23-/m1/s1. The van der Waals surface area contributed by atoms with Crippen molar-refractivity contribution in [3.05, 3.63) is 35.1 Å². The number of hydrogen-bond donors (Lipinski definition) is 0. The van der Waals surface area contributed by atoms with Gasteiger partial charge in [0.05, 0.1) is 11.1 Å². The Morgan fingerprint density at radius 1 is 1.26 bits per heavy atom. The molecule has 4 nitrogen and oxygen atoms in total. The Kier molecular flexibility index (Phi) is 5.12. The fraction of sp³-hybridized carbons (Fsp3) is 0.357. The van der Waals surface area contributed by atoms with E-state index in [0.29, 0.717) is 15.4 Å². The maximum atomic E-state index is 12.7. The Bertz CT molecular complexity index is 708. The van der Waals surface area contributed by atoms with Crippen molar-refractivity contribution in [2.75, 3.05) is 0 Å². The molecule has 2 rings (SSSR count). The van der Waals surface area contributed by atoms with Crippen LogP contribution in [0.5, 0.6) is 0 Å². The number of aromatic nitrogens is 2. The lowest BCUT2D eigenvalue weighted by molar-refractivity contribution is -0.141. The topological polar surface area (TPSA) is 61.2 Å². The van der Waals surface area contributed by atoms with Crippen molar-refractivity contribution in [2.24, 2.45) is 4.40 Å². The van der Waals surface area contributed by atoms with Gasteiger partial charge in [0.25, 0.3) is 0 Å². The lowest BCUT2D eigenvalue weighted by Gasteiger charge is -2.17. The zero-order valence-electron chi connectivity index (χ0n) is 12.6. The molecule has 0 aliphatic rings. The Balaban J connectivity index is 2.22. The molecule has 23 heavy (non-hydrogen) atoms. The molecule has 0 aliphatic heterocycles. The monoisotopic (exact) mass is 361 g/mol. The molecule has 2 heterocycles. The van der Waals surface area contributed by atoms with Gasteiger partial charge < -0.3 is 4.55 Å². The van der Waals surface area contributed by atoms with Gasteiger partial charge in [-0.2, -0.15) is 13.2 Å². The molecule has 9 heteroatoms. The van der Waals surface area contributed by atoms with Crippen molar-refractivity contribution < 1.29 is 17.7 Å². The van der Waals surface area contributed by atoms with E-state index in [2.05, 4.69) is 14.4 Å². The quantitative estimate of drug-likeness (QED) is 0.611. The van der Waals surface area contributed by atoms with Crippen LogP contribution in [0.1, 0.15) is 31.3 Å². The van der Waals surface area contributed by atoms with Gasteiger partial charge in [0, 0.05) is 18.0 Å². The molecule has 0 aromatic carbocycles. The highest BCUT2D eigenvalue weighted by molar-refractivity contribution is 7.91. The van der Waals surface area contributed by atoms with Crippen LogP contribution in [-0.2, 0) is 17.5 Å². The van der Waals surface area contributed by atoms with E-state index in [1.807, 2.05) is 0 Å². The van der Waals surface area contributed by atoms with Crippen molar-refractivity contribution in [1.82, 2.24) is 9.97 Å². The highest BCUT2D eigenvalue weighted by Crippen LogP contribution is 2.31. The smallest absolute Gasteiger partial charge is 0.433 e. The van der Waals surface area contributed by atoms with Crippen molar-refractivity contribution in [3.8, 4) is 10.6 Å².